The third-order valence-electron chi connectivity index (χ3n) is 2.60. The van der Waals surface area contributed by atoms with E-state index in [0.717, 1.165) is 0 Å². The summed E-state index contributed by atoms with van der Waals surface area (Å²) in [5.41, 5.74) is 3.79. The molecule has 0 bridgehead atoms. The van der Waals surface area contributed by atoms with E-state index in [1.165, 1.54) is 16.7 Å². The highest BCUT2D eigenvalue weighted by Gasteiger charge is 1.74. The number of nitrogens with zero attached hydrogens (tertiary/aromatic N) is 2. The number of hydrogen-bond donors (Lipinski definition) is 0. The van der Waals surface area contributed by atoms with E-state index >= 15 is 0 Å². The molecule has 0 amide bonds. The van der Waals surface area contributed by atoms with Crippen LogP contribution in [0.5, 0.6) is 0 Å². The summed E-state index contributed by atoms with van der Waals surface area (Å²) in [5, 5.41) is 0. The average Bonchev–Trinajstić information content (AvgIpc) is 2.51. The van der Waals surface area contributed by atoms with Gasteiger partial charge in [-0.25, -0.2) is 0 Å². The first-order chi connectivity index (χ1) is 10.2. The Hall–Kier alpha value is -2.48. The molecule has 0 spiro atoms. The second kappa shape index (κ2) is 10.3. The van der Waals surface area contributed by atoms with E-state index in [1.807, 2.05) is 62.5 Å². The third kappa shape index (κ3) is 9.11. The van der Waals surface area contributed by atoms with Gasteiger partial charge in [-0.15, -0.1) is 0 Å². The molecular weight excluding hydrogens is 256 g/mol. The van der Waals surface area contributed by atoms with Crippen LogP contribution in [0.2, 0.25) is 0 Å². The topological polar surface area (TPSA) is 25.8 Å². The van der Waals surface area contributed by atoms with Crippen LogP contribution in [0, 0.1) is 20.8 Å². The Kier molecular flexibility index (Phi) is 8.15. The molecule has 0 N–H and O–H groups in total. The Morgan fingerprint density at radius 3 is 1.38 bits per heavy atom. The number of benzene rings is 1. The molecule has 1 aromatic carbocycles. The quantitative estimate of drug-likeness (QED) is 0.591. The maximum atomic E-state index is 3.88. The predicted molar refractivity (Wildman–Crippen MR) is 89.1 cm³/mol. The summed E-state index contributed by atoms with van der Waals surface area (Å²) >= 11 is 0. The van der Waals surface area contributed by atoms with Gasteiger partial charge in [0.05, 0.1) is 0 Å². The normalized spacial score (nSPS) is 8.71. The minimum Gasteiger partial charge on any atom is -0.265 e. The van der Waals surface area contributed by atoms with Gasteiger partial charge in [-0.1, -0.05) is 42.0 Å². The fourth-order valence-electron chi connectivity index (χ4n) is 1.41. The van der Waals surface area contributed by atoms with Crippen LogP contribution in [0.25, 0.3) is 0 Å². The molecule has 0 saturated heterocycles. The molecule has 2 aromatic heterocycles. The molecule has 2 nitrogen and oxygen atoms in total. The fourth-order valence-corrected chi connectivity index (χ4v) is 1.41. The maximum absolute atomic E-state index is 3.88. The van der Waals surface area contributed by atoms with Gasteiger partial charge in [0.1, 0.15) is 0 Å². The summed E-state index contributed by atoms with van der Waals surface area (Å²) in [4.78, 5) is 7.73. The van der Waals surface area contributed by atoms with Crippen molar-refractivity contribution in [3.8, 4) is 0 Å². The summed E-state index contributed by atoms with van der Waals surface area (Å²) in [5.74, 6) is 0. The van der Waals surface area contributed by atoms with Crippen molar-refractivity contribution < 1.29 is 0 Å². The van der Waals surface area contributed by atoms with Gasteiger partial charge in [0.25, 0.3) is 0 Å². The Labute approximate surface area is 127 Å². The van der Waals surface area contributed by atoms with Crippen LogP contribution in [-0.2, 0) is 0 Å². The van der Waals surface area contributed by atoms with Crippen LogP contribution >= 0.6 is 0 Å². The molecule has 21 heavy (non-hydrogen) atoms. The standard InChI is InChI=1S/C7H8.2C6H7N/c1-7-5-3-2-4-6-7;1-6-2-4-7-5-3-6;1-6-3-2-4-7-5-6/h2-6H,1H3;2*2-5H,1H3. The van der Waals surface area contributed by atoms with Crippen molar-refractivity contribution in [3.63, 3.8) is 0 Å². The zero-order chi connectivity index (χ0) is 15.3. The van der Waals surface area contributed by atoms with Crippen molar-refractivity contribution >= 4 is 0 Å². The summed E-state index contributed by atoms with van der Waals surface area (Å²) in [6, 6.07) is 18.2. The average molecular weight is 278 g/mol. The van der Waals surface area contributed by atoms with Gasteiger partial charge >= 0.3 is 0 Å². The lowest BCUT2D eigenvalue weighted by molar-refractivity contribution is 1.27. The van der Waals surface area contributed by atoms with Gasteiger partial charge in [-0.2, -0.15) is 0 Å². The van der Waals surface area contributed by atoms with E-state index in [9.17, 15) is 0 Å². The van der Waals surface area contributed by atoms with Crippen molar-refractivity contribution in [1.82, 2.24) is 9.97 Å². The number of aryl methyl sites for hydroxylation is 3. The molecule has 0 saturated carbocycles. The Balaban J connectivity index is 0.000000157. The van der Waals surface area contributed by atoms with Crippen LogP contribution < -0.4 is 0 Å². The highest BCUT2D eigenvalue weighted by atomic mass is 14.6. The molecule has 0 aliphatic heterocycles. The fraction of sp³-hybridized carbons (Fsp3) is 0.158. The van der Waals surface area contributed by atoms with E-state index in [4.69, 9.17) is 0 Å². The van der Waals surface area contributed by atoms with E-state index < -0.39 is 0 Å². The lowest BCUT2D eigenvalue weighted by Gasteiger charge is -1.82. The largest absolute Gasteiger partial charge is 0.265 e. The lowest BCUT2D eigenvalue weighted by atomic mass is 10.2. The monoisotopic (exact) mass is 278 g/mol. The number of hydrogen-bond acceptors (Lipinski definition) is 2. The number of aromatic nitrogens is 2. The Bertz CT molecular complexity index is 489. The molecule has 2 heteroatoms. The summed E-state index contributed by atoms with van der Waals surface area (Å²) in [6.07, 6.45) is 7.18. The molecule has 3 rings (SSSR count). The molecule has 2 heterocycles. The van der Waals surface area contributed by atoms with Gasteiger partial charge in [-0.05, 0) is 50.1 Å². The summed E-state index contributed by atoms with van der Waals surface area (Å²) < 4.78 is 0. The van der Waals surface area contributed by atoms with Crippen molar-refractivity contribution in [1.29, 1.82) is 0 Å². The van der Waals surface area contributed by atoms with Crippen molar-refractivity contribution in [2.75, 3.05) is 0 Å². The highest BCUT2D eigenvalue weighted by Crippen LogP contribution is 1.92. The molecular formula is C19H22N2. The molecule has 0 fully saturated rings. The second-order valence-electron chi connectivity index (χ2n) is 4.71. The van der Waals surface area contributed by atoms with E-state index in [-0.39, 0.29) is 0 Å². The van der Waals surface area contributed by atoms with Gasteiger partial charge in [0.15, 0.2) is 0 Å². The van der Waals surface area contributed by atoms with Gasteiger partial charge < -0.3 is 0 Å². The van der Waals surface area contributed by atoms with Crippen LogP contribution in [0.15, 0.2) is 79.4 Å². The second-order valence-corrected chi connectivity index (χ2v) is 4.71. The SMILES string of the molecule is Cc1ccccc1.Cc1cccnc1.Cc1ccncc1. The van der Waals surface area contributed by atoms with Gasteiger partial charge in [-0.3, -0.25) is 9.97 Å². The van der Waals surface area contributed by atoms with Gasteiger partial charge in [0, 0.05) is 24.8 Å². The van der Waals surface area contributed by atoms with Crippen LogP contribution in [-0.4, -0.2) is 9.97 Å². The molecule has 0 radical (unpaired) electrons. The first kappa shape index (κ1) is 16.6. The maximum Gasteiger partial charge on any atom is 0.0297 e. The lowest BCUT2D eigenvalue weighted by Crippen LogP contribution is -1.69. The predicted octanol–water partition coefficient (Wildman–Crippen LogP) is 4.78. The van der Waals surface area contributed by atoms with Crippen LogP contribution in [0.4, 0.5) is 0 Å². The van der Waals surface area contributed by atoms with E-state index in [2.05, 4.69) is 29.0 Å². The molecule has 0 aliphatic rings. The highest BCUT2D eigenvalue weighted by molar-refractivity contribution is 5.11. The Morgan fingerprint density at radius 2 is 1.10 bits per heavy atom. The molecule has 0 unspecified atom stereocenters. The zero-order valence-corrected chi connectivity index (χ0v) is 12.9. The zero-order valence-electron chi connectivity index (χ0n) is 12.9. The first-order valence-electron chi connectivity index (χ1n) is 6.93. The first-order valence-corrected chi connectivity index (χ1v) is 6.93. The minimum atomic E-state index is 1.21. The number of pyridine rings is 2. The third-order valence-corrected chi connectivity index (χ3v) is 2.60. The minimum absolute atomic E-state index is 1.21. The van der Waals surface area contributed by atoms with E-state index in [0.29, 0.717) is 0 Å². The molecule has 108 valence electrons. The molecule has 0 aliphatic carbocycles. The molecule has 3 aromatic rings. The summed E-state index contributed by atoms with van der Waals surface area (Å²) in [7, 11) is 0. The van der Waals surface area contributed by atoms with Crippen LogP contribution in [0.1, 0.15) is 16.7 Å². The van der Waals surface area contributed by atoms with Crippen molar-refractivity contribution in [3.05, 3.63) is 96.1 Å². The smallest absolute Gasteiger partial charge is 0.0297 e. The van der Waals surface area contributed by atoms with Crippen molar-refractivity contribution in [2.24, 2.45) is 0 Å². The number of rotatable bonds is 0. The summed E-state index contributed by atoms with van der Waals surface area (Å²) in [6.45, 7) is 6.15. The van der Waals surface area contributed by atoms with Crippen molar-refractivity contribution in [2.45, 2.75) is 20.8 Å². The van der Waals surface area contributed by atoms with Crippen LogP contribution in [0.3, 0.4) is 0 Å². The van der Waals surface area contributed by atoms with Gasteiger partial charge in [0.2, 0.25) is 0 Å². The Morgan fingerprint density at radius 1 is 0.524 bits per heavy atom. The van der Waals surface area contributed by atoms with E-state index in [1.54, 1.807) is 18.6 Å². The molecule has 0 atom stereocenters.